The van der Waals surface area contributed by atoms with Crippen LogP contribution in [0.25, 0.3) is 0 Å². The topological polar surface area (TPSA) is 38.8 Å². The van der Waals surface area contributed by atoms with Crippen LogP contribution in [0.5, 0.6) is 0 Å². The molecule has 6 heteroatoms. The van der Waals surface area contributed by atoms with Gasteiger partial charge in [-0.05, 0) is 49.0 Å². The van der Waals surface area contributed by atoms with E-state index in [0.717, 1.165) is 26.2 Å². The van der Waals surface area contributed by atoms with Crippen LogP contribution in [0.1, 0.15) is 22.0 Å². The van der Waals surface area contributed by atoms with E-state index >= 15 is 0 Å². The van der Waals surface area contributed by atoms with E-state index in [4.69, 9.17) is 11.6 Å². The van der Waals surface area contributed by atoms with Crippen LogP contribution in [0.2, 0.25) is 5.02 Å². The van der Waals surface area contributed by atoms with Crippen LogP contribution < -0.4 is 10.2 Å². The molecule has 150 valence electrons. The zero-order valence-corrected chi connectivity index (χ0v) is 17.6. The summed E-state index contributed by atoms with van der Waals surface area (Å²) in [5.41, 5.74) is 3.03. The summed E-state index contributed by atoms with van der Waals surface area (Å²) in [4.78, 5) is 19.5. The molecule has 5 nitrogen and oxygen atoms in total. The number of anilines is 1. The molecule has 28 heavy (non-hydrogen) atoms. The molecule has 1 atom stereocenters. The lowest BCUT2D eigenvalue weighted by Gasteiger charge is -2.38. The second-order valence-electron chi connectivity index (χ2n) is 7.56. The lowest BCUT2D eigenvalue weighted by molar-refractivity contribution is 0.0886. The number of piperazine rings is 1. The van der Waals surface area contributed by atoms with Gasteiger partial charge in [-0.15, -0.1) is 0 Å². The van der Waals surface area contributed by atoms with E-state index in [2.05, 4.69) is 51.3 Å². The summed E-state index contributed by atoms with van der Waals surface area (Å²) in [6, 6.07) is 15.8. The number of carbonyl (C=O) groups is 1. The van der Waals surface area contributed by atoms with Crippen LogP contribution in [0.3, 0.4) is 0 Å². The van der Waals surface area contributed by atoms with Crippen molar-refractivity contribution in [1.82, 2.24) is 15.1 Å². The average Bonchev–Trinajstić information content (AvgIpc) is 2.70. The molecule has 1 fully saturated rings. The van der Waals surface area contributed by atoms with Crippen molar-refractivity contribution in [3.05, 3.63) is 64.7 Å². The van der Waals surface area contributed by atoms with Crippen molar-refractivity contribution >= 4 is 23.2 Å². The summed E-state index contributed by atoms with van der Waals surface area (Å²) < 4.78 is 0. The summed E-state index contributed by atoms with van der Waals surface area (Å²) in [7, 11) is 6.24. The molecule has 1 amide bonds. The molecule has 2 aromatic rings. The second-order valence-corrected chi connectivity index (χ2v) is 7.99. The van der Waals surface area contributed by atoms with E-state index in [0.29, 0.717) is 17.1 Å². The zero-order valence-electron chi connectivity index (χ0n) is 16.9. The fourth-order valence-electron chi connectivity index (χ4n) is 3.48. The predicted octanol–water partition coefficient (Wildman–Crippen LogP) is 3.12. The van der Waals surface area contributed by atoms with Crippen LogP contribution in [-0.2, 0) is 0 Å². The zero-order chi connectivity index (χ0) is 20.1. The number of rotatable bonds is 6. The van der Waals surface area contributed by atoms with Crippen LogP contribution in [-0.4, -0.2) is 69.6 Å². The van der Waals surface area contributed by atoms with Gasteiger partial charge in [-0.25, -0.2) is 0 Å². The van der Waals surface area contributed by atoms with Gasteiger partial charge in [0.2, 0.25) is 0 Å². The molecular weight excluding hydrogens is 372 g/mol. The number of nitrogens with zero attached hydrogens (tertiary/aromatic N) is 3. The summed E-state index contributed by atoms with van der Waals surface area (Å²) in [6.45, 7) is 4.64. The Hall–Kier alpha value is -2.08. The molecule has 0 aliphatic carbocycles. The molecular formula is C22H29ClN4O. The van der Waals surface area contributed by atoms with E-state index in [1.807, 2.05) is 14.1 Å². The first-order valence-electron chi connectivity index (χ1n) is 9.67. The lowest BCUT2D eigenvalue weighted by atomic mass is 10.0. The smallest absolute Gasteiger partial charge is 0.251 e. The first-order chi connectivity index (χ1) is 13.4. The minimum atomic E-state index is -0.0688. The molecule has 0 saturated carbocycles. The molecule has 0 spiro atoms. The number of hydrogen-bond donors (Lipinski definition) is 1. The number of hydrogen-bond acceptors (Lipinski definition) is 4. The van der Waals surface area contributed by atoms with Crippen LogP contribution in [0, 0.1) is 0 Å². The highest BCUT2D eigenvalue weighted by molar-refractivity contribution is 6.30. The Kier molecular flexibility index (Phi) is 6.94. The lowest BCUT2D eigenvalue weighted by Crippen LogP contribution is -2.48. The number of nitrogens with one attached hydrogen (secondary N) is 1. The van der Waals surface area contributed by atoms with Crippen molar-refractivity contribution in [2.45, 2.75) is 6.04 Å². The first-order valence-corrected chi connectivity index (χ1v) is 10.1. The Balaban J connectivity index is 1.74. The molecule has 1 N–H and O–H groups in total. The number of halogens is 1. The number of amides is 1. The quantitative estimate of drug-likeness (QED) is 0.808. The fraction of sp³-hybridized carbons (Fsp3) is 0.409. The Bertz CT molecular complexity index is 768. The van der Waals surface area contributed by atoms with Gasteiger partial charge in [0.15, 0.2) is 0 Å². The summed E-state index contributed by atoms with van der Waals surface area (Å²) in [6.07, 6.45) is 0. The summed E-state index contributed by atoms with van der Waals surface area (Å²) in [5, 5.41) is 3.75. The molecule has 3 rings (SSSR count). The number of carbonyl (C=O) groups excluding carboxylic acids is 1. The fourth-order valence-corrected chi connectivity index (χ4v) is 3.60. The molecule has 2 aromatic carbocycles. The maximum absolute atomic E-state index is 12.6. The van der Waals surface area contributed by atoms with E-state index in [9.17, 15) is 4.79 Å². The normalized spacial score (nSPS) is 16.6. The van der Waals surface area contributed by atoms with Crippen LogP contribution in [0.15, 0.2) is 48.5 Å². The van der Waals surface area contributed by atoms with Gasteiger partial charge < -0.3 is 15.1 Å². The molecule has 1 aliphatic heterocycles. The van der Waals surface area contributed by atoms with Gasteiger partial charge in [0.1, 0.15) is 0 Å². The molecule has 1 aliphatic rings. The minimum absolute atomic E-state index is 0.0688. The van der Waals surface area contributed by atoms with Crippen molar-refractivity contribution in [2.75, 3.05) is 58.8 Å². The van der Waals surface area contributed by atoms with Crippen molar-refractivity contribution in [2.24, 2.45) is 0 Å². The van der Waals surface area contributed by atoms with Gasteiger partial charge in [0, 0.05) is 63.1 Å². The summed E-state index contributed by atoms with van der Waals surface area (Å²) >= 11 is 5.93. The van der Waals surface area contributed by atoms with Crippen molar-refractivity contribution in [3.63, 3.8) is 0 Å². The Morgan fingerprint density at radius 2 is 1.64 bits per heavy atom. The molecule has 0 bridgehead atoms. The van der Waals surface area contributed by atoms with Crippen molar-refractivity contribution in [3.8, 4) is 0 Å². The largest absolute Gasteiger partial charge is 0.378 e. The summed E-state index contributed by atoms with van der Waals surface area (Å²) in [5.74, 6) is -0.0688. The van der Waals surface area contributed by atoms with Crippen molar-refractivity contribution in [1.29, 1.82) is 0 Å². The molecule has 0 radical (unpaired) electrons. The van der Waals surface area contributed by atoms with Crippen LogP contribution in [0.4, 0.5) is 5.69 Å². The average molecular weight is 401 g/mol. The molecule has 1 heterocycles. The third-order valence-corrected chi connectivity index (χ3v) is 5.59. The third-order valence-electron chi connectivity index (χ3n) is 5.34. The van der Waals surface area contributed by atoms with Gasteiger partial charge in [0.05, 0.1) is 6.04 Å². The third kappa shape index (κ3) is 5.25. The Morgan fingerprint density at radius 1 is 1.04 bits per heavy atom. The van der Waals surface area contributed by atoms with Gasteiger partial charge in [-0.3, -0.25) is 9.69 Å². The monoisotopic (exact) mass is 400 g/mol. The number of benzene rings is 2. The van der Waals surface area contributed by atoms with E-state index in [1.165, 1.54) is 11.3 Å². The van der Waals surface area contributed by atoms with Gasteiger partial charge in [-0.2, -0.15) is 0 Å². The maximum Gasteiger partial charge on any atom is 0.251 e. The van der Waals surface area contributed by atoms with E-state index < -0.39 is 0 Å². The Morgan fingerprint density at radius 3 is 2.21 bits per heavy atom. The van der Waals surface area contributed by atoms with E-state index in [1.54, 1.807) is 24.3 Å². The molecule has 1 unspecified atom stereocenters. The highest BCUT2D eigenvalue weighted by atomic mass is 35.5. The first kappa shape index (κ1) is 20.6. The Labute approximate surface area is 172 Å². The highest BCUT2D eigenvalue weighted by Gasteiger charge is 2.24. The maximum atomic E-state index is 12.6. The van der Waals surface area contributed by atoms with Crippen molar-refractivity contribution < 1.29 is 4.79 Å². The highest BCUT2D eigenvalue weighted by Crippen LogP contribution is 2.24. The minimum Gasteiger partial charge on any atom is -0.378 e. The van der Waals surface area contributed by atoms with Crippen LogP contribution >= 0.6 is 11.6 Å². The van der Waals surface area contributed by atoms with Gasteiger partial charge >= 0.3 is 0 Å². The van der Waals surface area contributed by atoms with E-state index in [-0.39, 0.29) is 11.9 Å². The predicted molar refractivity (Wildman–Crippen MR) is 116 cm³/mol. The van der Waals surface area contributed by atoms with Gasteiger partial charge in [0.25, 0.3) is 5.91 Å². The SMILES string of the molecule is CN1CCN(C(CNC(=O)c2ccc(Cl)cc2)c2ccc(N(C)C)cc2)CC1. The molecule has 0 aromatic heterocycles. The van der Waals surface area contributed by atoms with Gasteiger partial charge in [-0.1, -0.05) is 23.7 Å². The molecule has 1 saturated heterocycles. The standard InChI is InChI=1S/C22H29ClN4O/c1-25(2)20-10-6-17(7-11-20)21(27-14-12-26(3)13-15-27)16-24-22(28)18-4-8-19(23)9-5-18/h4-11,21H,12-16H2,1-3H3,(H,24,28). The second kappa shape index (κ2) is 9.41. The number of likely N-dealkylation sites (N-methyl/N-ethyl adjacent to an activating group) is 1.